The summed E-state index contributed by atoms with van der Waals surface area (Å²) in [5, 5.41) is 1.88. The lowest BCUT2D eigenvalue weighted by molar-refractivity contribution is 0.0634. The van der Waals surface area contributed by atoms with E-state index in [1.807, 2.05) is 5.32 Å². The first-order chi connectivity index (χ1) is 7.69. The molecular weight excluding hydrogens is 237 g/mol. The zero-order chi connectivity index (χ0) is 13.2. The molecule has 0 aliphatic carbocycles. The topological polar surface area (TPSA) is 51.2 Å². The maximum Gasteiger partial charge on any atom is 0.413 e. The number of carbonyl (C=O) groups is 1. The second-order valence-electron chi connectivity index (χ2n) is 4.22. The molecule has 0 aromatic carbocycles. The summed E-state index contributed by atoms with van der Waals surface area (Å²) in [5.41, 5.74) is -0.793. The Morgan fingerprint density at radius 2 is 1.88 bits per heavy atom. The van der Waals surface area contributed by atoms with Gasteiger partial charge in [-0.05, 0) is 20.8 Å². The Morgan fingerprint density at radius 1 is 1.29 bits per heavy atom. The summed E-state index contributed by atoms with van der Waals surface area (Å²) in [6, 6.07) is 0.287. The number of hydrogen-bond donors (Lipinski definition) is 1. The molecule has 1 amide bonds. The van der Waals surface area contributed by atoms with Crippen LogP contribution < -0.4 is 5.32 Å². The van der Waals surface area contributed by atoms with Crippen LogP contribution in [0.1, 0.15) is 20.8 Å². The molecule has 17 heavy (non-hydrogen) atoms. The molecule has 0 fully saturated rings. The van der Waals surface area contributed by atoms with Crippen molar-refractivity contribution in [1.82, 2.24) is 4.98 Å². The molecule has 0 spiro atoms. The van der Waals surface area contributed by atoms with Crippen molar-refractivity contribution in [1.29, 1.82) is 0 Å². The number of hydrogen-bond acceptors (Lipinski definition) is 3. The van der Waals surface area contributed by atoms with Gasteiger partial charge in [-0.3, -0.25) is 5.32 Å². The number of pyridine rings is 1. The summed E-state index contributed by atoms with van der Waals surface area (Å²) >= 11 is 0. The number of aromatic nitrogens is 1. The number of carbonyl (C=O) groups excluding carboxylic acids is 1. The van der Waals surface area contributed by atoms with Crippen molar-refractivity contribution in [3.8, 4) is 0 Å². The van der Waals surface area contributed by atoms with Crippen molar-refractivity contribution < 1.29 is 22.7 Å². The van der Waals surface area contributed by atoms with Gasteiger partial charge in [-0.25, -0.2) is 13.6 Å². The Bertz CT molecular complexity index is 444. The molecule has 0 unspecified atom stereocenters. The van der Waals surface area contributed by atoms with Crippen LogP contribution in [0.15, 0.2) is 6.07 Å². The van der Waals surface area contributed by atoms with Crippen LogP contribution in [0, 0.1) is 17.6 Å². The number of nitrogens with zero attached hydrogens (tertiary/aromatic N) is 1. The van der Waals surface area contributed by atoms with Crippen molar-refractivity contribution in [2.24, 2.45) is 0 Å². The van der Waals surface area contributed by atoms with E-state index in [4.69, 9.17) is 4.74 Å². The van der Waals surface area contributed by atoms with Crippen LogP contribution in [-0.4, -0.2) is 16.7 Å². The van der Waals surface area contributed by atoms with Crippen LogP contribution in [0.3, 0.4) is 0 Å². The summed E-state index contributed by atoms with van der Waals surface area (Å²) in [4.78, 5) is 14.1. The third kappa shape index (κ3) is 3.93. The molecular formula is C10H11F3N2O2. The fourth-order valence-corrected chi connectivity index (χ4v) is 0.932. The third-order valence-electron chi connectivity index (χ3n) is 1.51. The Hall–Kier alpha value is -1.79. The highest BCUT2D eigenvalue weighted by Gasteiger charge is 2.19. The highest BCUT2D eigenvalue weighted by Crippen LogP contribution is 2.15. The van der Waals surface area contributed by atoms with E-state index in [0.717, 1.165) is 0 Å². The number of nitrogens with one attached hydrogen (secondary N) is 1. The lowest BCUT2D eigenvalue weighted by Crippen LogP contribution is -2.28. The summed E-state index contributed by atoms with van der Waals surface area (Å²) in [6.07, 6.45) is -1.00. The van der Waals surface area contributed by atoms with Gasteiger partial charge in [0.1, 0.15) is 5.60 Å². The minimum absolute atomic E-state index is 0.287. The second-order valence-corrected chi connectivity index (χ2v) is 4.22. The van der Waals surface area contributed by atoms with Crippen LogP contribution in [0.4, 0.5) is 23.8 Å². The van der Waals surface area contributed by atoms with Crippen molar-refractivity contribution >= 4 is 11.9 Å². The normalized spacial score (nSPS) is 11.2. The Kier molecular flexibility index (Phi) is 3.59. The number of rotatable bonds is 1. The van der Waals surface area contributed by atoms with Crippen molar-refractivity contribution in [2.75, 3.05) is 5.32 Å². The van der Waals surface area contributed by atoms with Crippen molar-refractivity contribution in [3.05, 3.63) is 23.6 Å². The summed E-state index contributed by atoms with van der Waals surface area (Å²) < 4.78 is 43.1. The van der Waals surface area contributed by atoms with Gasteiger partial charge in [-0.1, -0.05) is 0 Å². The lowest BCUT2D eigenvalue weighted by atomic mass is 10.2. The van der Waals surface area contributed by atoms with Crippen LogP contribution in [0.25, 0.3) is 0 Å². The van der Waals surface area contributed by atoms with Gasteiger partial charge in [0, 0.05) is 6.07 Å². The van der Waals surface area contributed by atoms with Crippen molar-refractivity contribution in [3.63, 3.8) is 0 Å². The standard InChI is InChI=1S/C10H11F3N2O2/c1-10(2,3)17-9(16)15-8-6(12)4-5(11)7(13)14-8/h4H,1-3H3,(H,14,15,16). The maximum atomic E-state index is 13.1. The predicted molar refractivity (Wildman–Crippen MR) is 54.0 cm³/mol. The van der Waals surface area contributed by atoms with Crippen LogP contribution >= 0.6 is 0 Å². The lowest BCUT2D eigenvalue weighted by Gasteiger charge is -2.19. The molecule has 94 valence electrons. The Morgan fingerprint density at radius 3 is 2.41 bits per heavy atom. The average Bonchev–Trinajstić information content (AvgIpc) is 2.11. The molecule has 1 aromatic rings. The molecule has 0 radical (unpaired) electrons. The van der Waals surface area contributed by atoms with Crippen LogP contribution in [0.2, 0.25) is 0 Å². The highest BCUT2D eigenvalue weighted by atomic mass is 19.2. The van der Waals surface area contributed by atoms with Crippen molar-refractivity contribution in [2.45, 2.75) is 26.4 Å². The van der Waals surface area contributed by atoms with E-state index in [2.05, 4.69) is 4.98 Å². The summed E-state index contributed by atoms with van der Waals surface area (Å²) in [7, 11) is 0. The van der Waals surface area contributed by atoms with Gasteiger partial charge in [0.25, 0.3) is 5.95 Å². The first-order valence-electron chi connectivity index (χ1n) is 4.70. The molecule has 0 aliphatic heterocycles. The first-order valence-corrected chi connectivity index (χ1v) is 4.70. The predicted octanol–water partition coefficient (Wildman–Crippen LogP) is 2.85. The van der Waals surface area contributed by atoms with Gasteiger partial charge in [0.15, 0.2) is 17.5 Å². The van der Waals surface area contributed by atoms with E-state index < -0.39 is 35.1 Å². The molecule has 0 bridgehead atoms. The van der Waals surface area contributed by atoms with E-state index in [-0.39, 0.29) is 6.07 Å². The Labute approximate surface area is 95.8 Å². The van der Waals surface area contributed by atoms with Gasteiger partial charge in [-0.2, -0.15) is 9.37 Å². The van der Waals surface area contributed by atoms with Crippen LogP contribution in [0.5, 0.6) is 0 Å². The fraction of sp³-hybridized carbons (Fsp3) is 0.400. The molecule has 1 rings (SSSR count). The highest BCUT2D eigenvalue weighted by molar-refractivity contribution is 5.83. The smallest absolute Gasteiger partial charge is 0.413 e. The molecule has 7 heteroatoms. The van der Waals surface area contributed by atoms with Crippen LogP contribution in [-0.2, 0) is 4.74 Å². The molecule has 0 saturated heterocycles. The minimum Gasteiger partial charge on any atom is -0.444 e. The number of halogens is 3. The molecule has 0 saturated carbocycles. The molecule has 1 N–H and O–H groups in total. The largest absolute Gasteiger partial charge is 0.444 e. The number of amides is 1. The van der Waals surface area contributed by atoms with Gasteiger partial charge < -0.3 is 4.74 Å². The third-order valence-corrected chi connectivity index (χ3v) is 1.51. The summed E-state index contributed by atoms with van der Waals surface area (Å²) in [6.45, 7) is 4.80. The van der Waals surface area contributed by atoms with E-state index in [9.17, 15) is 18.0 Å². The molecule has 1 heterocycles. The molecule has 0 atom stereocenters. The SMILES string of the molecule is CC(C)(C)OC(=O)Nc1nc(F)c(F)cc1F. The first kappa shape index (κ1) is 13.3. The van der Waals surface area contributed by atoms with E-state index in [1.165, 1.54) is 0 Å². The molecule has 0 aliphatic rings. The number of anilines is 1. The molecule has 1 aromatic heterocycles. The number of ether oxygens (including phenoxy) is 1. The minimum atomic E-state index is -1.50. The van der Waals surface area contributed by atoms with E-state index >= 15 is 0 Å². The van der Waals surface area contributed by atoms with E-state index in [0.29, 0.717) is 0 Å². The maximum absolute atomic E-state index is 13.1. The monoisotopic (exact) mass is 248 g/mol. The fourth-order valence-electron chi connectivity index (χ4n) is 0.932. The van der Waals surface area contributed by atoms with Gasteiger partial charge in [0.2, 0.25) is 0 Å². The zero-order valence-electron chi connectivity index (χ0n) is 9.47. The second kappa shape index (κ2) is 4.60. The van der Waals surface area contributed by atoms with Gasteiger partial charge in [-0.15, -0.1) is 0 Å². The van der Waals surface area contributed by atoms with Gasteiger partial charge >= 0.3 is 6.09 Å². The zero-order valence-corrected chi connectivity index (χ0v) is 9.47. The quantitative estimate of drug-likeness (QED) is 0.777. The Balaban J connectivity index is 2.82. The molecule has 4 nitrogen and oxygen atoms in total. The van der Waals surface area contributed by atoms with Gasteiger partial charge in [0.05, 0.1) is 0 Å². The average molecular weight is 248 g/mol. The summed E-state index contributed by atoms with van der Waals surface area (Å²) in [5.74, 6) is -4.84. The van der Waals surface area contributed by atoms with E-state index in [1.54, 1.807) is 20.8 Å².